The van der Waals surface area contributed by atoms with Crippen molar-refractivity contribution in [3.8, 4) is 11.4 Å². The maximum Gasteiger partial charge on any atom is 0.307 e. The normalized spacial score (nSPS) is 11.9. The third-order valence-corrected chi connectivity index (χ3v) is 6.93. The molecule has 0 fully saturated rings. The molecule has 4 aromatic rings. The number of rotatable bonds is 5. The van der Waals surface area contributed by atoms with Crippen LogP contribution in [0.1, 0.15) is 5.89 Å². The number of aromatic nitrogens is 3. The zero-order chi connectivity index (χ0) is 19.9. The molecule has 4 rings (SSSR count). The van der Waals surface area contributed by atoms with E-state index in [-0.39, 0.29) is 22.2 Å². The molecule has 0 amide bonds. The average molecular weight is 481 g/mol. The van der Waals surface area contributed by atoms with Crippen molar-refractivity contribution in [3.05, 3.63) is 62.5 Å². The maximum absolute atomic E-state index is 12.6. The molecular formula is C17H13BrN4O4S2. The van der Waals surface area contributed by atoms with Crippen LogP contribution in [0.25, 0.3) is 21.6 Å². The van der Waals surface area contributed by atoms with Crippen molar-refractivity contribution in [1.29, 1.82) is 0 Å². The number of aryl methyl sites for hydroxylation is 1. The molecule has 0 saturated carbocycles. The van der Waals surface area contributed by atoms with Crippen molar-refractivity contribution in [1.82, 2.24) is 19.4 Å². The highest BCUT2D eigenvalue weighted by molar-refractivity contribution is 9.10. The second-order valence-corrected chi connectivity index (χ2v) is 9.58. The largest absolute Gasteiger partial charge is 0.338 e. The molecule has 2 aromatic heterocycles. The van der Waals surface area contributed by atoms with Gasteiger partial charge in [0.15, 0.2) is 0 Å². The first-order chi connectivity index (χ1) is 13.3. The van der Waals surface area contributed by atoms with Crippen LogP contribution in [-0.2, 0) is 23.6 Å². The molecule has 2 heterocycles. The standard InChI is InChI=1S/C17H13BrN4O4S2/c1-22-13-6-5-12(8-14(13)27-17(22)23)28(24,25)19-9-15-20-16(21-26-15)10-3-2-4-11(18)7-10/h2-8,19H,9H2,1H3. The van der Waals surface area contributed by atoms with Gasteiger partial charge in [-0.3, -0.25) is 4.79 Å². The number of hydrogen-bond acceptors (Lipinski definition) is 7. The van der Waals surface area contributed by atoms with Gasteiger partial charge in [-0.15, -0.1) is 0 Å². The number of hydrogen-bond donors (Lipinski definition) is 1. The Bertz CT molecular complexity index is 1340. The zero-order valence-corrected chi connectivity index (χ0v) is 17.6. The van der Waals surface area contributed by atoms with E-state index in [0.717, 1.165) is 21.4 Å². The average Bonchev–Trinajstić information content (AvgIpc) is 3.25. The van der Waals surface area contributed by atoms with Gasteiger partial charge in [-0.2, -0.15) is 4.98 Å². The number of nitrogens with one attached hydrogen (secondary N) is 1. The van der Waals surface area contributed by atoms with E-state index in [2.05, 4.69) is 30.8 Å². The fraction of sp³-hybridized carbons (Fsp3) is 0.118. The summed E-state index contributed by atoms with van der Waals surface area (Å²) in [6, 6.07) is 11.9. The van der Waals surface area contributed by atoms with Gasteiger partial charge in [0.25, 0.3) is 0 Å². The lowest BCUT2D eigenvalue weighted by molar-refractivity contribution is 0.376. The van der Waals surface area contributed by atoms with Gasteiger partial charge in [-0.05, 0) is 30.3 Å². The molecule has 0 spiro atoms. The van der Waals surface area contributed by atoms with Gasteiger partial charge in [0.05, 0.1) is 21.7 Å². The molecule has 2 aromatic carbocycles. The smallest absolute Gasteiger partial charge is 0.307 e. The fourth-order valence-electron chi connectivity index (χ4n) is 2.59. The summed E-state index contributed by atoms with van der Waals surface area (Å²) in [7, 11) is -2.16. The quantitative estimate of drug-likeness (QED) is 0.470. The lowest BCUT2D eigenvalue weighted by Crippen LogP contribution is -2.23. The number of thiazole rings is 1. The molecule has 0 saturated heterocycles. The third kappa shape index (κ3) is 3.65. The van der Waals surface area contributed by atoms with E-state index in [1.54, 1.807) is 13.1 Å². The molecular weight excluding hydrogens is 468 g/mol. The van der Waals surface area contributed by atoms with Crippen LogP contribution in [-0.4, -0.2) is 23.1 Å². The van der Waals surface area contributed by atoms with E-state index >= 15 is 0 Å². The third-order valence-electron chi connectivity index (χ3n) is 4.04. The number of halogens is 1. The fourth-order valence-corrected chi connectivity index (χ4v) is 4.99. The van der Waals surface area contributed by atoms with Crippen molar-refractivity contribution in [2.75, 3.05) is 0 Å². The first-order valence-corrected chi connectivity index (χ1v) is 11.1. The Balaban J connectivity index is 1.54. The second-order valence-electron chi connectivity index (χ2n) is 5.90. The minimum absolute atomic E-state index is 0.0635. The first kappa shape index (κ1) is 19.0. The van der Waals surface area contributed by atoms with E-state index in [9.17, 15) is 13.2 Å². The van der Waals surface area contributed by atoms with Crippen LogP contribution in [0.3, 0.4) is 0 Å². The number of benzene rings is 2. The van der Waals surface area contributed by atoms with Gasteiger partial charge in [0, 0.05) is 17.1 Å². The van der Waals surface area contributed by atoms with Crippen LogP contribution in [0.15, 0.2) is 61.2 Å². The Morgan fingerprint density at radius 3 is 2.86 bits per heavy atom. The predicted molar refractivity (Wildman–Crippen MR) is 109 cm³/mol. The zero-order valence-electron chi connectivity index (χ0n) is 14.4. The van der Waals surface area contributed by atoms with E-state index in [4.69, 9.17) is 4.52 Å². The minimum atomic E-state index is -3.81. The maximum atomic E-state index is 12.6. The molecule has 0 aliphatic carbocycles. The lowest BCUT2D eigenvalue weighted by Gasteiger charge is -2.05. The highest BCUT2D eigenvalue weighted by Crippen LogP contribution is 2.22. The van der Waals surface area contributed by atoms with Gasteiger partial charge in [-0.25, -0.2) is 13.1 Å². The summed E-state index contributed by atoms with van der Waals surface area (Å²) in [6.45, 7) is -0.146. The summed E-state index contributed by atoms with van der Waals surface area (Å²) >= 11 is 4.37. The molecule has 28 heavy (non-hydrogen) atoms. The SMILES string of the molecule is Cn1c(=O)sc2cc(S(=O)(=O)NCc3nc(-c4cccc(Br)c4)no3)ccc21. The Hall–Kier alpha value is -2.34. The van der Waals surface area contributed by atoms with Gasteiger partial charge in [0.1, 0.15) is 0 Å². The van der Waals surface area contributed by atoms with Crippen molar-refractivity contribution in [2.45, 2.75) is 11.4 Å². The van der Waals surface area contributed by atoms with Crippen LogP contribution in [0.5, 0.6) is 0 Å². The predicted octanol–water partition coefficient (Wildman–Crippen LogP) is 2.89. The molecule has 144 valence electrons. The first-order valence-electron chi connectivity index (χ1n) is 8.01. The van der Waals surface area contributed by atoms with Crippen molar-refractivity contribution >= 4 is 47.5 Å². The lowest BCUT2D eigenvalue weighted by atomic mass is 10.2. The minimum Gasteiger partial charge on any atom is -0.338 e. The van der Waals surface area contributed by atoms with Crippen LogP contribution >= 0.6 is 27.3 Å². The van der Waals surface area contributed by atoms with Gasteiger partial charge >= 0.3 is 4.87 Å². The highest BCUT2D eigenvalue weighted by atomic mass is 79.9. The van der Waals surface area contributed by atoms with E-state index < -0.39 is 10.0 Å². The summed E-state index contributed by atoms with van der Waals surface area (Å²) < 4.78 is 35.7. The van der Waals surface area contributed by atoms with Crippen molar-refractivity contribution < 1.29 is 12.9 Å². The number of fused-ring (bicyclic) bond motifs is 1. The summed E-state index contributed by atoms with van der Waals surface area (Å²) in [5, 5.41) is 3.88. The van der Waals surface area contributed by atoms with E-state index in [1.165, 1.54) is 16.7 Å². The van der Waals surface area contributed by atoms with Crippen molar-refractivity contribution in [2.24, 2.45) is 7.05 Å². The van der Waals surface area contributed by atoms with Crippen molar-refractivity contribution in [3.63, 3.8) is 0 Å². The van der Waals surface area contributed by atoms with Gasteiger partial charge in [0.2, 0.25) is 21.7 Å². The summed E-state index contributed by atoms with van der Waals surface area (Å²) in [5.41, 5.74) is 1.43. The topological polar surface area (TPSA) is 107 Å². The molecule has 0 unspecified atom stereocenters. The Labute approximate surface area is 172 Å². The number of sulfonamides is 1. The monoisotopic (exact) mass is 480 g/mol. The summed E-state index contributed by atoms with van der Waals surface area (Å²) in [6.07, 6.45) is 0. The van der Waals surface area contributed by atoms with Gasteiger partial charge < -0.3 is 9.09 Å². The van der Waals surface area contributed by atoms with Crippen LogP contribution in [0, 0.1) is 0 Å². The van der Waals surface area contributed by atoms with Gasteiger partial charge in [-0.1, -0.05) is 44.6 Å². The molecule has 1 N–H and O–H groups in total. The van der Waals surface area contributed by atoms with E-state index in [1.807, 2.05) is 24.3 Å². The number of nitrogens with zero attached hydrogens (tertiary/aromatic N) is 3. The highest BCUT2D eigenvalue weighted by Gasteiger charge is 2.18. The molecule has 11 heteroatoms. The summed E-state index contributed by atoms with van der Waals surface area (Å²) in [4.78, 5) is 15.9. The molecule has 0 aliphatic rings. The Morgan fingerprint density at radius 2 is 2.07 bits per heavy atom. The van der Waals surface area contributed by atoms with Crippen LogP contribution in [0.2, 0.25) is 0 Å². The van der Waals surface area contributed by atoms with E-state index in [0.29, 0.717) is 16.0 Å². The molecule has 0 bridgehead atoms. The van der Waals surface area contributed by atoms with Crippen LogP contribution < -0.4 is 9.60 Å². The van der Waals surface area contributed by atoms with Crippen LogP contribution in [0.4, 0.5) is 0 Å². The molecule has 0 radical (unpaired) electrons. The second kappa shape index (κ2) is 7.24. The molecule has 0 atom stereocenters. The summed E-state index contributed by atoms with van der Waals surface area (Å²) in [5.74, 6) is 0.509. The Kier molecular flexibility index (Phi) is 4.91. The molecule has 0 aliphatic heterocycles. The molecule has 8 nitrogen and oxygen atoms in total. The Morgan fingerprint density at radius 1 is 1.25 bits per heavy atom.